The molecule has 0 aliphatic heterocycles. The minimum absolute atomic E-state index is 0.149. The van der Waals surface area contributed by atoms with Crippen molar-refractivity contribution in [2.24, 2.45) is 0 Å². The molecule has 1 nitrogen and oxygen atoms in total. The van der Waals surface area contributed by atoms with Crippen LogP contribution >= 0.6 is 11.6 Å². The van der Waals surface area contributed by atoms with E-state index >= 15 is 0 Å². The minimum atomic E-state index is -0.433. The molecule has 0 fully saturated rings. The SMILES string of the molecule is CC[C](O)c1cc(F)cc(Cl)c1. The molecule has 1 aromatic carbocycles. The van der Waals surface area contributed by atoms with Crippen LogP contribution in [0.5, 0.6) is 0 Å². The summed E-state index contributed by atoms with van der Waals surface area (Å²) in [6, 6.07) is 3.99. The van der Waals surface area contributed by atoms with Crippen LogP contribution in [0.2, 0.25) is 5.02 Å². The summed E-state index contributed by atoms with van der Waals surface area (Å²) in [4.78, 5) is 0. The lowest BCUT2D eigenvalue weighted by Crippen LogP contribution is -1.96. The molecule has 0 atom stereocenters. The summed E-state index contributed by atoms with van der Waals surface area (Å²) >= 11 is 5.59. The van der Waals surface area contributed by atoms with E-state index in [0.717, 1.165) is 0 Å². The van der Waals surface area contributed by atoms with Crippen molar-refractivity contribution < 1.29 is 9.50 Å². The van der Waals surface area contributed by atoms with Gasteiger partial charge in [-0.2, -0.15) is 0 Å². The molecular weight excluding hydrogens is 179 g/mol. The highest BCUT2D eigenvalue weighted by molar-refractivity contribution is 6.30. The van der Waals surface area contributed by atoms with E-state index in [2.05, 4.69) is 0 Å². The first-order valence-corrected chi connectivity index (χ1v) is 4.02. The highest BCUT2D eigenvalue weighted by Gasteiger charge is 2.08. The Kier molecular flexibility index (Phi) is 3.06. The van der Waals surface area contributed by atoms with Crippen LogP contribution in [0.4, 0.5) is 4.39 Å². The third-order valence-corrected chi connectivity index (χ3v) is 1.75. The largest absolute Gasteiger partial charge is 0.382 e. The molecule has 3 heteroatoms. The van der Waals surface area contributed by atoms with Crippen LogP contribution < -0.4 is 0 Å². The molecule has 0 saturated heterocycles. The quantitative estimate of drug-likeness (QED) is 0.754. The number of halogens is 2. The molecule has 12 heavy (non-hydrogen) atoms. The third kappa shape index (κ3) is 2.19. The molecule has 0 spiro atoms. The fourth-order valence-electron chi connectivity index (χ4n) is 0.925. The number of aliphatic hydroxyl groups is 1. The van der Waals surface area contributed by atoms with Gasteiger partial charge in [0.1, 0.15) is 11.9 Å². The first kappa shape index (κ1) is 9.49. The van der Waals surface area contributed by atoms with E-state index in [9.17, 15) is 9.50 Å². The van der Waals surface area contributed by atoms with Crippen LogP contribution in [-0.2, 0) is 0 Å². The lowest BCUT2D eigenvalue weighted by molar-refractivity contribution is 0.318. The fourth-order valence-corrected chi connectivity index (χ4v) is 1.15. The van der Waals surface area contributed by atoms with Crippen molar-refractivity contribution in [2.45, 2.75) is 13.3 Å². The summed E-state index contributed by atoms with van der Waals surface area (Å²) in [7, 11) is 0. The predicted octanol–water partition coefficient (Wildman–Crippen LogP) is 3.14. The molecule has 0 bridgehead atoms. The number of aliphatic hydroxyl groups excluding tert-OH is 1. The molecule has 1 aromatic rings. The van der Waals surface area contributed by atoms with Gasteiger partial charge in [0.15, 0.2) is 0 Å². The Labute approximate surface area is 75.8 Å². The normalized spacial score (nSPS) is 10.8. The molecule has 1 radical (unpaired) electrons. The van der Waals surface area contributed by atoms with E-state index in [1.54, 1.807) is 6.92 Å². The van der Waals surface area contributed by atoms with E-state index in [-0.39, 0.29) is 6.10 Å². The van der Waals surface area contributed by atoms with Gasteiger partial charge in [-0.05, 0) is 30.2 Å². The standard InChI is InChI=1S/C9H9ClFO/c1-2-9(12)6-3-7(10)5-8(11)4-6/h3-5,12H,2H2,1H3. The zero-order valence-corrected chi connectivity index (χ0v) is 7.40. The van der Waals surface area contributed by atoms with Crippen LogP contribution in [-0.4, -0.2) is 5.11 Å². The Morgan fingerprint density at radius 1 is 1.50 bits per heavy atom. The van der Waals surface area contributed by atoms with Crippen molar-refractivity contribution in [3.8, 4) is 0 Å². The van der Waals surface area contributed by atoms with Crippen molar-refractivity contribution in [1.82, 2.24) is 0 Å². The lowest BCUT2D eigenvalue weighted by Gasteiger charge is -2.06. The van der Waals surface area contributed by atoms with Gasteiger partial charge in [-0.1, -0.05) is 18.5 Å². The van der Waals surface area contributed by atoms with Gasteiger partial charge in [0, 0.05) is 5.02 Å². The Morgan fingerprint density at radius 3 is 2.67 bits per heavy atom. The van der Waals surface area contributed by atoms with Gasteiger partial charge >= 0.3 is 0 Å². The molecule has 0 heterocycles. The van der Waals surface area contributed by atoms with E-state index in [1.807, 2.05) is 0 Å². The van der Waals surface area contributed by atoms with E-state index in [0.29, 0.717) is 17.0 Å². The molecule has 0 amide bonds. The van der Waals surface area contributed by atoms with Crippen LogP contribution in [0.1, 0.15) is 18.9 Å². The third-order valence-electron chi connectivity index (χ3n) is 1.53. The number of hydrogen-bond donors (Lipinski definition) is 1. The molecule has 0 aliphatic carbocycles. The summed E-state index contributed by atoms with van der Waals surface area (Å²) < 4.78 is 12.7. The molecule has 0 saturated carbocycles. The average Bonchev–Trinajstić information content (AvgIpc) is 2.01. The van der Waals surface area contributed by atoms with Gasteiger partial charge in [-0.15, -0.1) is 0 Å². The molecular formula is C9H9ClFO. The monoisotopic (exact) mass is 187 g/mol. The summed E-state index contributed by atoms with van der Waals surface area (Å²) in [6.45, 7) is 1.79. The number of hydrogen-bond acceptors (Lipinski definition) is 1. The van der Waals surface area contributed by atoms with E-state index in [1.165, 1.54) is 18.2 Å². The highest BCUT2D eigenvalue weighted by Crippen LogP contribution is 2.20. The molecule has 65 valence electrons. The van der Waals surface area contributed by atoms with Gasteiger partial charge < -0.3 is 5.11 Å². The molecule has 0 aliphatic rings. The Hall–Kier alpha value is -0.600. The molecule has 0 unspecified atom stereocenters. The maximum Gasteiger partial charge on any atom is 0.125 e. The minimum Gasteiger partial charge on any atom is -0.382 e. The van der Waals surface area contributed by atoms with Crippen molar-refractivity contribution in [2.75, 3.05) is 0 Å². The average molecular weight is 188 g/mol. The fraction of sp³-hybridized carbons (Fsp3) is 0.222. The molecule has 1 rings (SSSR count). The van der Waals surface area contributed by atoms with Crippen LogP contribution in [0.3, 0.4) is 0 Å². The van der Waals surface area contributed by atoms with Gasteiger partial charge in [0.2, 0.25) is 0 Å². The lowest BCUT2D eigenvalue weighted by atomic mass is 10.1. The van der Waals surface area contributed by atoms with Crippen molar-refractivity contribution in [1.29, 1.82) is 0 Å². The second kappa shape index (κ2) is 3.87. The molecule has 1 N–H and O–H groups in total. The van der Waals surface area contributed by atoms with Crippen molar-refractivity contribution >= 4 is 11.6 Å². The zero-order chi connectivity index (χ0) is 9.14. The van der Waals surface area contributed by atoms with Crippen LogP contribution in [0.15, 0.2) is 18.2 Å². The second-order valence-electron chi connectivity index (χ2n) is 2.46. The maximum atomic E-state index is 12.7. The Balaban J connectivity index is 3.00. The first-order chi connectivity index (χ1) is 5.63. The second-order valence-corrected chi connectivity index (χ2v) is 2.89. The van der Waals surface area contributed by atoms with Gasteiger partial charge in [0.25, 0.3) is 0 Å². The number of benzene rings is 1. The van der Waals surface area contributed by atoms with Crippen LogP contribution in [0, 0.1) is 11.9 Å². The highest BCUT2D eigenvalue weighted by atomic mass is 35.5. The number of rotatable bonds is 2. The summed E-state index contributed by atoms with van der Waals surface area (Å²) in [5, 5.41) is 9.57. The summed E-state index contributed by atoms with van der Waals surface area (Å²) in [5.74, 6) is -0.433. The Bertz CT molecular complexity index is 255. The summed E-state index contributed by atoms with van der Waals surface area (Å²) in [5.41, 5.74) is 0.447. The van der Waals surface area contributed by atoms with Gasteiger partial charge in [-0.25, -0.2) is 4.39 Å². The summed E-state index contributed by atoms with van der Waals surface area (Å²) in [6.07, 6.45) is 0.621. The van der Waals surface area contributed by atoms with E-state index in [4.69, 9.17) is 11.6 Å². The van der Waals surface area contributed by atoms with Crippen molar-refractivity contribution in [3.63, 3.8) is 0 Å². The van der Waals surface area contributed by atoms with Gasteiger partial charge in [-0.3, -0.25) is 0 Å². The van der Waals surface area contributed by atoms with Gasteiger partial charge in [0.05, 0.1) is 0 Å². The smallest absolute Gasteiger partial charge is 0.125 e. The van der Waals surface area contributed by atoms with Crippen LogP contribution in [0.25, 0.3) is 0 Å². The van der Waals surface area contributed by atoms with Crippen molar-refractivity contribution in [3.05, 3.63) is 40.7 Å². The first-order valence-electron chi connectivity index (χ1n) is 3.64. The zero-order valence-electron chi connectivity index (χ0n) is 6.64. The predicted molar refractivity (Wildman–Crippen MR) is 46.0 cm³/mol. The van der Waals surface area contributed by atoms with E-state index < -0.39 is 5.82 Å². The Morgan fingerprint density at radius 2 is 2.17 bits per heavy atom. The molecule has 0 aromatic heterocycles. The topological polar surface area (TPSA) is 20.2 Å². The maximum absolute atomic E-state index is 12.7.